The number of unbranched alkanes of at least 4 members (excludes halogenated alkanes) is 17. The maximum Gasteiger partial charge on any atom is 0.0888 e. The van der Waals surface area contributed by atoms with Gasteiger partial charge >= 0.3 is 0 Å². The second-order valence-electron chi connectivity index (χ2n) is 11.6. The molecule has 0 amide bonds. The van der Waals surface area contributed by atoms with Crippen molar-refractivity contribution in [2.45, 2.75) is 175 Å². The van der Waals surface area contributed by atoms with Crippen molar-refractivity contribution in [2.24, 2.45) is 5.92 Å². The lowest BCUT2D eigenvalue weighted by Gasteiger charge is -2.24. The fourth-order valence-corrected chi connectivity index (χ4v) is 4.95. The smallest absolute Gasteiger partial charge is 0.0888 e. The Labute approximate surface area is 229 Å². The lowest BCUT2D eigenvalue weighted by atomic mass is 10.0. The standard InChI is InChI=1S/C34H69NO/c1-6-9-11-13-14-15-16-17-18-19-20-24-29-35(31-28-33(4)8-3)30-25-22-23-27-34(5)36-32-26-21-12-10-7-2/h33H,5-32H2,1-4H3. The summed E-state index contributed by atoms with van der Waals surface area (Å²) < 4.78 is 5.85. The molecule has 0 aromatic carbocycles. The largest absolute Gasteiger partial charge is 0.499 e. The molecule has 0 heterocycles. The van der Waals surface area contributed by atoms with E-state index in [1.165, 1.54) is 161 Å². The third kappa shape index (κ3) is 26.6. The average molecular weight is 508 g/mol. The first-order valence-electron chi connectivity index (χ1n) is 16.7. The van der Waals surface area contributed by atoms with Gasteiger partial charge in [-0.15, -0.1) is 0 Å². The Kier molecular flexibility index (Phi) is 28.7. The van der Waals surface area contributed by atoms with Gasteiger partial charge in [0, 0.05) is 6.42 Å². The van der Waals surface area contributed by atoms with Gasteiger partial charge < -0.3 is 9.64 Å². The van der Waals surface area contributed by atoms with Crippen LogP contribution in [0.3, 0.4) is 0 Å². The van der Waals surface area contributed by atoms with Gasteiger partial charge in [-0.25, -0.2) is 0 Å². The Bertz CT molecular complexity index is 435. The molecule has 0 aliphatic carbocycles. The van der Waals surface area contributed by atoms with E-state index in [0.29, 0.717) is 0 Å². The van der Waals surface area contributed by atoms with E-state index in [2.05, 4.69) is 39.2 Å². The summed E-state index contributed by atoms with van der Waals surface area (Å²) in [5.74, 6) is 1.87. The molecule has 216 valence electrons. The maximum atomic E-state index is 5.85. The third-order valence-corrected chi connectivity index (χ3v) is 7.95. The molecule has 0 aromatic heterocycles. The molecule has 1 unspecified atom stereocenters. The van der Waals surface area contributed by atoms with Gasteiger partial charge in [0.15, 0.2) is 0 Å². The Balaban J connectivity index is 3.82. The van der Waals surface area contributed by atoms with E-state index < -0.39 is 0 Å². The topological polar surface area (TPSA) is 12.5 Å². The summed E-state index contributed by atoms with van der Waals surface area (Å²) in [6.07, 6.45) is 31.3. The predicted octanol–water partition coefficient (Wildman–Crippen LogP) is 11.5. The zero-order valence-electron chi connectivity index (χ0n) is 25.7. The summed E-state index contributed by atoms with van der Waals surface area (Å²) in [6, 6.07) is 0. The zero-order valence-corrected chi connectivity index (χ0v) is 25.7. The van der Waals surface area contributed by atoms with Crippen LogP contribution in [0.1, 0.15) is 175 Å². The third-order valence-electron chi connectivity index (χ3n) is 7.95. The van der Waals surface area contributed by atoms with Crippen molar-refractivity contribution in [3.05, 3.63) is 12.3 Å². The molecule has 0 N–H and O–H groups in total. The molecule has 0 aromatic rings. The van der Waals surface area contributed by atoms with Gasteiger partial charge in [-0.3, -0.25) is 0 Å². The number of ether oxygens (including phenoxy) is 1. The molecule has 0 aliphatic rings. The summed E-state index contributed by atoms with van der Waals surface area (Å²) >= 11 is 0. The van der Waals surface area contributed by atoms with Crippen molar-refractivity contribution in [1.82, 2.24) is 4.90 Å². The van der Waals surface area contributed by atoms with Gasteiger partial charge in [0.25, 0.3) is 0 Å². The van der Waals surface area contributed by atoms with E-state index in [-0.39, 0.29) is 0 Å². The highest BCUT2D eigenvalue weighted by atomic mass is 16.5. The Hall–Kier alpha value is -0.500. The van der Waals surface area contributed by atoms with E-state index in [9.17, 15) is 0 Å². The molecule has 0 bridgehead atoms. The van der Waals surface area contributed by atoms with Crippen LogP contribution in [0.5, 0.6) is 0 Å². The zero-order chi connectivity index (χ0) is 26.5. The molecular formula is C34H69NO. The van der Waals surface area contributed by atoms with Crippen LogP contribution in [-0.2, 0) is 4.74 Å². The van der Waals surface area contributed by atoms with Crippen LogP contribution in [0.2, 0.25) is 0 Å². The normalized spacial score (nSPS) is 12.4. The van der Waals surface area contributed by atoms with Gasteiger partial charge in [0.1, 0.15) is 0 Å². The first-order valence-corrected chi connectivity index (χ1v) is 16.7. The molecule has 0 spiro atoms. The fourth-order valence-electron chi connectivity index (χ4n) is 4.95. The molecule has 0 radical (unpaired) electrons. The van der Waals surface area contributed by atoms with Crippen molar-refractivity contribution in [2.75, 3.05) is 26.2 Å². The Morgan fingerprint density at radius 1 is 0.583 bits per heavy atom. The number of allylic oxidation sites excluding steroid dienone is 1. The number of rotatable bonds is 30. The predicted molar refractivity (Wildman–Crippen MR) is 164 cm³/mol. The van der Waals surface area contributed by atoms with Gasteiger partial charge in [-0.1, -0.05) is 143 Å². The van der Waals surface area contributed by atoms with E-state index in [4.69, 9.17) is 4.74 Å². The van der Waals surface area contributed by atoms with Crippen molar-refractivity contribution < 1.29 is 4.74 Å². The van der Waals surface area contributed by atoms with Crippen LogP contribution in [0.4, 0.5) is 0 Å². The van der Waals surface area contributed by atoms with Crippen LogP contribution < -0.4 is 0 Å². The molecule has 1 atom stereocenters. The molecular weight excluding hydrogens is 438 g/mol. The molecule has 0 saturated heterocycles. The number of hydrogen-bond donors (Lipinski definition) is 0. The van der Waals surface area contributed by atoms with E-state index in [0.717, 1.165) is 24.7 Å². The van der Waals surface area contributed by atoms with Crippen molar-refractivity contribution in [3.8, 4) is 0 Å². The Morgan fingerprint density at radius 2 is 1.03 bits per heavy atom. The van der Waals surface area contributed by atoms with E-state index in [1.807, 2.05) is 0 Å². The SMILES string of the molecule is C=C(CCCCCN(CCCCCCCCCCCCCC)CCC(C)CC)OCCCCCCC. The quantitative estimate of drug-likeness (QED) is 0.0707. The van der Waals surface area contributed by atoms with Crippen LogP contribution in [0.25, 0.3) is 0 Å². The maximum absolute atomic E-state index is 5.85. The minimum atomic E-state index is 0.858. The van der Waals surface area contributed by atoms with E-state index in [1.54, 1.807) is 0 Å². The monoisotopic (exact) mass is 508 g/mol. The van der Waals surface area contributed by atoms with Crippen LogP contribution in [-0.4, -0.2) is 31.1 Å². The highest BCUT2D eigenvalue weighted by Crippen LogP contribution is 2.15. The summed E-state index contributed by atoms with van der Waals surface area (Å²) in [5, 5.41) is 0. The summed E-state index contributed by atoms with van der Waals surface area (Å²) in [5.41, 5.74) is 0. The highest BCUT2D eigenvalue weighted by Gasteiger charge is 2.08. The summed E-state index contributed by atoms with van der Waals surface area (Å²) in [6.45, 7) is 18.2. The average Bonchev–Trinajstić information content (AvgIpc) is 2.88. The lowest BCUT2D eigenvalue weighted by Crippen LogP contribution is -2.28. The molecule has 36 heavy (non-hydrogen) atoms. The minimum absolute atomic E-state index is 0.858. The van der Waals surface area contributed by atoms with Gasteiger partial charge in [0.05, 0.1) is 12.4 Å². The van der Waals surface area contributed by atoms with Gasteiger partial charge in [-0.2, -0.15) is 0 Å². The second-order valence-corrected chi connectivity index (χ2v) is 11.6. The van der Waals surface area contributed by atoms with Crippen LogP contribution in [0.15, 0.2) is 12.3 Å². The molecule has 0 aliphatic heterocycles. The fraction of sp³-hybridized carbons (Fsp3) is 0.941. The highest BCUT2D eigenvalue weighted by molar-refractivity contribution is 4.81. The Morgan fingerprint density at radius 3 is 1.53 bits per heavy atom. The van der Waals surface area contributed by atoms with Gasteiger partial charge in [0.2, 0.25) is 0 Å². The van der Waals surface area contributed by atoms with Crippen molar-refractivity contribution >= 4 is 0 Å². The second kappa shape index (κ2) is 29.1. The lowest BCUT2D eigenvalue weighted by molar-refractivity contribution is 0.194. The molecule has 2 nitrogen and oxygen atoms in total. The van der Waals surface area contributed by atoms with Gasteiger partial charge in [-0.05, 0) is 57.7 Å². The van der Waals surface area contributed by atoms with Crippen LogP contribution in [0, 0.1) is 5.92 Å². The summed E-state index contributed by atoms with van der Waals surface area (Å²) in [4.78, 5) is 2.77. The molecule has 0 rings (SSSR count). The molecule has 0 fully saturated rings. The minimum Gasteiger partial charge on any atom is -0.499 e. The number of nitrogens with zero attached hydrogens (tertiary/aromatic N) is 1. The van der Waals surface area contributed by atoms with E-state index >= 15 is 0 Å². The van der Waals surface area contributed by atoms with Crippen molar-refractivity contribution in [3.63, 3.8) is 0 Å². The summed E-state index contributed by atoms with van der Waals surface area (Å²) in [7, 11) is 0. The first kappa shape index (κ1) is 35.5. The van der Waals surface area contributed by atoms with Crippen molar-refractivity contribution in [1.29, 1.82) is 0 Å². The van der Waals surface area contributed by atoms with Crippen LogP contribution >= 0.6 is 0 Å². The molecule has 0 saturated carbocycles. The first-order chi connectivity index (χ1) is 17.6. The number of hydrogen-bond acceptors (Lipinski definition) is 2. The molecule has 2 heteroatoms.